The third kappa shape index (κ3) is 7.61. The highest BCUT2D eigenvalue weighted by Crippen LogP contribution is 2.24. The van der Waals surface area contributed by atoms with E-state index in [0.717, 1.165) is 64.3 Å². The van der Waals surface area contributed by atoms with Gasteiger partial charge in [0, 0.05) is 5.70 Å². The Morgan fingerprint density at radius 1 is 1.06 bits per heavy atom. The third-order valence-electron chi connectivity index (χ3n) is 6.72. The van der Waals surface area contributed by atoms with Crippen LogP contribution in [0.1, 0.15) is 89.9 Å². The maximum Gasteiger partial charge on any atom is 0.321 e. The molecular weight excluding hydrogens is 414 g/mol. The van der Waals surface area contributed by atoms with Gasteiger partial charge in [0.2, 0.25) is 10.0 Å². The molecule has 0 aromatic rings. The normalized spacial score (nSPS) is 23.3. The van der Waals surface area contributed by atoms with E-state index >= 15 is 0 Å². The average Bonchev–Trinajstić information content (AvgIpc) is 2.78. The summed E-state index contributed by atoms with van der Waals surface area (Å²) in [5, 5.41) is 16.1. The molecule has 2 aliphatic heterocycles. The van der Waals surface area contributed by atoms with Crippen molar-refractivity contribution in [1.82, 2.24) is 15.4 Å². The zero-order chi connectivity index (χ0) is 22.1. The molecule has 4 N–H and O–H groups in total. The largest absolute Gasteiger partial charge is 0.480 e. The monoisotopic (exact) mass is 453 g/mol. The Hall–Kier alpha value is -1.38. The van der Waals surface area contributed by atoms with Gasteiger partial charge in [-0.15, -0.1) is 0 Å². The maximum absolute atomic E-state index is 12.5. The van der Waals surface area contributed by atoms with Gasteiger partial charge < -0.3 is 10.4 Å². The minimum atomic E-state index is -3.55. The number of carboxylic acid groups (broad SMARTS) is 1. The van der Waals surface area contributed by atoms with Gasteiger partial charge in [0.1, 0.15) is 6.04 Å². The number of unbranched alkanes of at least 4 members (excludes halogenated alkanes) is 4. The van der Waals surface area contributed by atoms with Crippen molar-refractivity contribution in [3.63, 3.8) is 0 Å². The zero-order valence-corrected chi connectivity index (χ0v) is 19.4. The molecule has 8 heteroatoms. The van der Waals surface area contributed by atoms with E-state index in [0.29, 0.717) is 25.4 Å². The van der Waals surface area contributed by atoms with E-state index in [1.165, 1.54) is 24.1 Å². The van der Waals surface area contributed by atoms with Gasteiger partial charge in [-0.1, -0.05) is 51.0 Å². The van der Waals surface area contributed by atoms with Crippen molar-refractivity contribution >= 4 is 16.0 Å². The number of dihydropyridines is 1. The topological polar surface area (TPSA) is 108 Å². The Labute approximate surface area is 187 Å². The van der Waals surface area contributed by atoms with Gasteiger partial charge in [-0.2, -0.15) is 0 Å². The second-order valence-electron chi connectivity index (χ2n) is 9.19. The van der Waals surface area contributed by atoms with Crippen LogP contribution in [-0.4, -0.2) is 43.5 Å². The molecule has 176 valence electrons. The van der Waals surface area contributed by atoms with Crippen LogP contribution < -0.4 is 15.4 Å². The molecule has 7 nitrogen and oxygen atoms in total. The summed E-state index contributed by atoms with van der Waals surface area (Å²) in [7, 11) is -3.55. The van der Waals surface area contributed by atoms with Crippen LogP contribution in [0.4, 0.5) is 0 Å². The van der Waals surface area contributed by atoms with Gasteiger partial charge in [0.15, 0.2) is 0 Å². The summed E-state index contributed by atoms with van der Waals surface area (Å²) in [6.45, 7) is 1.07. The molecule has 3 rings (SSSR count). The molecule has 2 atom stereocenters. The molecule has 31 heavy (non-hydrogen) atoms. The number of fused-ring (bicyclic) bond motifs is 1. The molecule has 1 unspecified atom stereocenters. The van der Waals surface area contributed by atoms with E-state index in [2.05, 4.69) is 27.5 Å². The first kappa shape index (κ1) is 24.3. The highest BCUT2D eigenvalue weighted by Gasteiger charge is 2.31. The number of piperidine rings is 1. The molecule has 2 heterocycles. The van der Waals surface area contributed by atoms with Crippen molar-refractivity contribution in [3.05, 3.63) is 23.4 Å². The van der Waals surface area contributed by atoms with Crippen LogP contribution in [0.15, 0.2) is 23.4 Å². The summed E-state index contributed by atoms with van der Waals surface area (Å²) in [5.74, 6) is -1.07. The summed E-state index contributed by atoms with van der Waals surface area (Å²) >= 11 is 0. The molecule has 0 spiro atoms. The number of rotatable bonds is 12. The smallest absolute Gasteiger partial charge is 0.321 e. The lowest BCUT2D eigenvalue weighted by Crippen LogP contribution is -2.47. The number of carbonyl (C=O) groups is 1. The van der Waals surface area contributed by atoms with Crippen molar-refractivity contribution in [2.45, 2.75) is 107 Å². The number of sulfonamides is 1. The lowest BCUT2D eigenvalue weighted by atomic mass is 9.98. The van der Waals surface area contributed by atoms with Crippen LogP contribution in [0.5, 0.6) is 0 Å². The predicted molar refractivity (Wildman–Crippen MR) is 123 cm³/mol. The molecule has 0 bridgehead atoms. The molecular formula is C23H39N3O4S. The summed E-state index contributed by atoms with van der Waals surface area (Å²) in [6.07, 6.45) is 17.6. The Bertz CT molecular complexity index is 757. The molecule has 3 aliphatic rings. The second kappa shape index (κ2) is 12.0. The minimum absolute atomic E-state index is 0.305. The molecule has 0 aromatic heterocycles. The number of hydrogen-bond donors (Lipinski definition) is 4. The van der Waals surface area contributed by atoms with Crippen molar-refractivity contribution in [2.75, 3.05) is 6.54 Å². The molecule has 2 fully saturated rings. The van der Waals surface area contributed by atoms with Crippen LogP contribution in [0.25, 0.3) is 0 Å². The van der Waals surface area contributed by atoms with Gasteiger partial charge >= 0.3 is 5.97 Å². The van der Waals surface area contributed by atoms with Crippen LogP contribution in [-0.2, 0) is 14.8 Å². The van der Waals surface area contributed by atoms with E-state index in [1.54, 1.807) is 0 Å². The van der Waals surface area contributed by atoms with Gasteiger partial charge in [-0.3, -0.25) is 10.1 Å². The van der Waals surface area contributed by atoms with Crippen LogP contribution >= 0.6 is 0 Å². The summed E-state index contributed by atoms with van der Waals surface area (Å²) in [6, 6.07) is -1.01. The maximum atomic E-state index is 12.5. The minimum Gasteiger partial charge on any atom is -0.480 e. The van der Waals surface area contributed by atoms with Crippen LogP contribution in [0.3, 0.4) is 0 Å². The Balaban J connectivity index is 1.30. The van der Waals surface area contributed by atoms with Gasteiger partial charge in [-0.05, 0) is 63.1 Å². The Kier molecular flexibility index (Phi) is 9.41. The molecule has 1 saturated carbocycles. The van der Waals surface area contributed by atoms with E-state index in [-0.39, 0.29) is 0 Å². The highest BCUT2D eigenvalue weighted by atomic mass is 32.2. The van der Waals surface area contributed by atoms with E-state index in [4.69, 9.17) is 0 Å². The fourth-order valence-corrected chi connectivity index (χ4v) is 6.59. The van der Waals surface area contributed by atoms with E-state index in [9.17, 15) is 18.3 Å². The first-order valence-corrected chi connectivity index (χ1v) is 13.6. The summed E-state index contributed by atoms with van der Waals surface area (Å²) in [4.78, 5) is 11.6. The molecule has 1 aliphatic carbocycles. The highest BCUT2D eigenvalue weighted by molar-refractivity contribution is 7.90. The molecule has 0 aromatic carbocycles. The van der Waals surface area contributed by atoms with E-state index < -0.39 is 27.3 Å². The van der Waals surface area contributed by atoms with Gasteiger partial charge in [0.25, 0.3) is 0 Å². The van der Waals surface area contributed by atoms with Crippen molar-refractivity contribution < 1.29 is 18.3 Å². The fraction of sp³-hybridized carbons (Fsp3) is 0.783. The Morgan fingerprint density at radius 3 is 2.58 bits per heavy atom. The molecule has 1 saturated heterocycles. The SMILES string of the molecule is O=C(O)[C@H](CCCCCCCC1=CC=C2CCCNC2N1)NS(=O)(=O)C1CCCCC1. The predicted octanol–water partition coefficient (Wildman–Crippen LogP) is 3.55. The van der Waals surface area contributed by atoms with Crippen LogP contribution in [0, 0.1) is 0 Å². The molecule has 0 amide bonds. The van der Waals surface area contributed by atoms with Crippen molar-refractivity contribution in [3.8, 4) is 0 Å². The number of aliphatic carboxylic acids is 1. The summed E-state index contributed by atoms with van der Waals surface area (Å²) < 4.78 is 27.5. The van der Waals surface area contributed by atoms with Gasteiger partial charge in [-0.25, -0.2) is 13.1 Å². The number of nitrogens with one attached hydrogen (secondary N) is 3. The summed E-state index contributed by atoms with van der Waals surface area (Å²) in [5.41, 5.74) is 2.73. The zero-order valence-electron chi connectivity index (χ0n) is 18.6. The third-order valence-corrected chi connectivity index (χ3v) is 8.69. The Morgan fingerprint density at radius 2 is 1.81 bits per heavy atom. The molecule has 0 radical (unpaired) electrons. The fourth-order valence-electron chi connectivity index (χ4n) is 4.83. The lowest BCUT2D eigenvalue weighted by molar-refractivity contribution is -0.139. The quantitative estimate of drug-likeness (QED) is 0.337. The standard InChI is InChI=1S/C23H39N3O4S/c27-23(28)21(26-31(29,30)20-12-6-4-7-13-20)14-8-3-1-2-5-11-19-16-15-18-10-9-17-24-22(18)25-19/h15-16,20-22,24-26H,1-14,17H2,(H,27,28)/t21-,22?/m0/s1. The van der Waals surface area contributed by atoms with Crippen molar-refractivity contribution in [2.24, 2.45) is 0 Å². The number of allylic oxidation sites excluding steroid dienone is 3. The van der Waals surface area contributed by atoms with Gasteiger partial charge in [0.05, 0.1) is 11.4 Å². The van der Waals surface area contributed by atoms with E-state index in [1.807, 2.05) is 0 Å². The first-order valence-electron chi connectivity index (χ1n) is 12.1. The lowest BCUT2D eigenvalue weighted by Gasteiger charge is -2.32. The average molecular weight is 454 g/mol. The van der Waals surface area contributed by atoms with Crippen molar-refractivity contribution in [1.29, 1.82) is 0 Å². The number of carboxylic acids is 1. The number of hydrogen-bond acceptors (Lipinski definition) is 5. The van der Waals surface area contributed by atoms with Crippen LogP contribution in [0.2, 0.25) is 0 Å². The first-order chi connectivity index (χ1) is 15.0. The second-order valence-corrected chi connectivity index (χ2v) is 11.2.